The first-order chi connectivity index (χ1) is 9.58. The summed E-state index contributed by atoms with van der Waals surface area (Å²) in [4.78, 5) is 13.4. The van der Waals surface area contributed by atoms with Crippen LogP contribution in [0.2, 0.25) is 0 Å². The summed E-state index contributed by atoms with van der Waals surface area (Å²) in [6, 6.07) is 3.67. The summed E-state index contributed by atoms with van der Waals surface area (Å²) in [5, 5.41) is 12.2. The number of nitrogens with one attached hydrogen (secondary N) is 1. The largest absolute Gasteiger partial charge is 0.478 e. The lowest BCUT2D eigenvalue weighted by molar-refractivity contribution is 0.0695. The number of carboxylic acid groups (broad SMARTS) is 1. The van der Waals surface area contributed by atoms with Crippen molar-refractivity contribution >= 4 is 27.6 Å². The van der Waals surface area contributed by atoms with Crippen LogP contribution in [0.25, 0.3) is 0 Å². The smallest absolute Gasteiger partial charge is 0.336 e. The molecule has 2 aliphatic rings. The molecule has 6 heteroatoms. The van der Waals surface area contributed by atoms with Gasteiger partial charge < -0.3 is 10.4 Å². The molecular formula is C14H16BrFN2O2. The first-order valence-corrected chi connectivity index (χ1v) is 7.59. The van der Waals surface area contributed by atoms with E-state index in [0.29, 0.717) is 11.7 Å². The van der Waals surface area contributed by atoms with Gasteiger partial charge in [-0.15, -0.1) is 0 Å². The molecular weight excluding hydrogens is 327 g/mol. The molecule has 1 aromatic carbocycles. The average molecular weight is 343 g/mol. The van der Waals surface area contributed by atoms with Gasteiger partial charge in [0.1, 0.15) is 0 Å². The molecule has 2 heterocycles. The number of carboxylic acids is 1. The zero-order valence-corrected chi connectivity index (χ0v) is 12.5. The summed E-state index contributed by atoms with van der Waals surface area (Å²) in [5.74, 6) is -1.66. The Bertz CT molecular complexity index is 552. The third kappa shape index (κ3) is 2.31. The van der Waals surface area contributed by atoms with Gasteiger partial charge in [-0.25, -0.2) is 9.18 Å². The Hall–Kier alpha value is -1.14. The molecule has 2 unspecified atom stereocenters. The third-order valence-corrected chi connectivity index (χ3v) is 5.03. The van der Waals surface area contributed by atoms with E-state index in [0.717, 1.165) is 25.9 Å². The molecule has 2 fully saturated rings. The molecule has 2 aliphatic heterocycles. The summed E-state index contributed by atoms with van der Waals surface area (Å²) in [7, 11) is 0. The number of nitrogens with zero attached hydrogens (tertiary/aromatic N) is 1. The molecule has 1 aromatic rings. The minimum absolute atomic E-state index is 0.0104. The monoisotopic (exact) mass is 342 g/mol. The molecule has 0 bridgehead atoms. The lowest BCUT2D eigenvalue weighted by Gasteiger charge is -2.22. The molecule has 3 rings (SSSR count). The molecule has 2 saturated heterocycles. The SMILES string of the molecule is O=C(O)c1ccc(NC2CCN3CCCC23)c(F)c1Br. The van der Waals surface area contributed by atoms with Crippen molar-refractivity contribution in [2.45, 2.75) is 31.3 Å². The maximum Gasteiger partial charge on any atom is 0.336 e. The predicted molar refractivity (Wildman–Crippen MR) is 77.7 cm³/mol. The molecule has 0 radical (unpaired) electrons. The first kappa shape index (κ1) is 13.8. The maximum absolute atomic E-state index is 14.2. The van der Waals surface area contributed by atoms with Gasteiger partial charge in [0.25, 0.3) is 0 Å². The highest BCUT2D eigenvalue weighted by Gasteiger charge is 2.37. The third-order valence-electron chi connectivity index (χ3n) is 4.26. The van der Waals surface area contributed by atoms with Crippen LogP contribution in [0, 0.1) is 5.82 Å². The standard InChI is InChI=1S/C14H16BrFN2O2/c15-12-8(14(19)20)3-4-10(13(12)16)17-9-5-7-18-6-1-2-11(9)18/h3-4,9,11,17H,1-2,5-7H2,(H,19,20). The van der Waals surface area contributed by atoms with Crippen molar-refractivity contribution in [3.8, 4) is 0 Å². The van der Waals surface area contributed by atoms with Crippen LogP contribution in [0.4, 0.5) is 10.1 Å². The van der Waals surface area contributed by atoms with Gasteiger partial charge in [0, 0.05) is 18.6 Å². The molecule has 2 N–H and O–H groups in total. The quantitative estimate of drug-likeness (QED) is 0.886. The van der Waals surface area contributed by atoms with Crippen molar-refractivity contribution in [1.29, 1.82) is 0 Å². The molecule has 0 aromatic heterocycles. The Morgan fingerprint density at radius 2 is 2.20 bits per heavy atom. The molecule has 0 saturated carbocycles. The van der Waals surface area contributed by atoms with Gasteiger partial charge >= 0.3 is 5.97 Å². The van der Waals surface area contributed by atoms with Crippen molar-refractivity contribution in [3.05, 3.63) is 28.0 Å². The summed E-state index contributed by atoms with van der Waals surface area (Å²) in [6.07, 6.45) is 3.35. The van der Waals surface area contributed by atoms with Gasteiger partial charge in [0.2, 0.25) is 0 Å². The summed E-state index contributed by atoms with van der Waals surface area (Å²) < 4.78 is 14.2. The van der Waals surface area contributed by atoms with Gasteiger partial charge in [-0.2, -0.15) is 0 Å². The minimum atomic E-state index is -1.13. The van der Waals surface area contributed by atoms with E-state index in [4.69, 9.17) is 5.11 Å². The second kappa shape index (κ2) is 5.33. The highest BCUT2D eigenvalue weighted by molar-refractivity contribution is 9.10. The lowest BCUT2D eigenvalue weighted by atomic mass is 10.1. The Labute approximate surface area is 125 Å². The van der Waals surface area contributed by atoms with E-state index in [-0.39, 0.29) is 16.1 Å². The van der Waals surface area contributed by atoms with Gasteiger partial charge in [-0.1, -0.05) is 0 Å². The number of anilines is 1. The number of halogens is 2. The zero-order chi connectivity index (χ0) is 14.3. The lowest BCUT2D eigenvalue weighted by Crippen LogP contribution is -2.34. The molecule has 20 heavy (non-hydrogen) atoms. The number of aromatic carboxylic acids is 1. The van der Waals surface area contributed by atoms with E-state index in [1.165, 1.54) is 18.6 Å². The van der Waals surface area contributed by atoms with E-state index in [1.54, 1.807) is 0 Å². The normalized spacial score (nSPS) is 25.7. The summed E-state index contributed by atoms with van der Waals surface area (Å²) in [6.45, 7) is 2.19. The van der Waals surface area contributed by atoms with Crippen molar-refractivity contribution in [2.24, 2.45) is 0 Å². The zero-order valence-electron chi connectivity index (χ0n) is 10.9. The van der Waals surface area contributed by atoms with E-state index < -0.39 is 11.8 Å². The highest BCUT2D eigenvalue weighted by atomic mass is 79.9. The van der Waals surface area contributed by atoms with E-state index in [9.17, 15) is 9.18 Å². The maximum atomic E-state index is 14.2. The van der Waals surface area contributed by atoms with Crippen LogP contribution in [0.5, 0.6) is 0 Å². The van der Waals surface area contributed by atoms with Crippen LogP contribution in [0.3, 0.4) is 0 Å². The van der Waals surface area contributed by atoms with Crippen LogP contribution in [-0.2, 0) is 0 Å². The van der Waals surface area contributed by atoms with Crippen LogP contribution < -0.4 is 5.32 Å². The highest BCUT2D eigenvalue weighted by Crippen LogP contribution is 2.33. The molecule has 4 nitrogen and oxygen atoms in total. The number of carbonyl (C=O) groups is 1. The second-order valence-electron chi connectivity index (χ2n) is 5.38. The Kier molecular flexibility index (Phi) is 3.69. The fourth-order valence-electron chi connectivity index (χ4n) is 3.28. The average Bonchev–Trinajstić information content (AvgIpc) is 2.99. The number of fused-ring (bicyclic) bond motifs is 1. The van der Waals surface area contributed by atoms with Gasteiger partial charge in [0.05, 0.1) is 15.7 Å². The predicted octanol–water partition coefficient (Wildman–Crippen LogP) is 2.94. The van der Waals surface area contributed by atoms with Crippen LogP contribution in [0.15, 0.2) is 16.6 Å². The van der Waals surface area contributed by atoms with Crippen molar-refractivity contribution < 1.29 is 14.3 Å². The topological polar surface area (TPSA) is 52.6 Å². The Morgan fingerprint density at radius 1 is 1.40 bits per heavy atom. The Balaban J connectivity index is 1.81. The molecule has 108 valence electrons. The van der Waals surface area contributed by atoms with Crippen molar-refractivity contribution in [1.82, 2.24) is 4.90 Å². The van der Waals surface area contributed by atoms with E-state index in [1.807, 2.05) is 0 Å². The van der Waals surface area contributed by atoms with E-state index in [2.05, 4.69) is 26.1 Å². The Morgan fingerprint density at radius 3 is 2.95 bits per heavy atom. The van der Waals surface area contributed by atoms with Gasteiger partial charge in [-0.3, -0.25) is 4.90 Å². The molecule has 0 aliphatic carbocycles. The van der Waals surface area contributed by atoms with Crippen LogP contribution in [-0.4, -0.2) is 41.1 Å². The number of hydrogen-bond acceptors (Lipinski definition) is 3. The van der Waals surface area contributed by atoms with Crippen molar-refractivity contribution in [3.63, 3.8) is 0 Å². The summed E-state index contributed by atoms with van der Waals surface area (Å²) in [5.41, 5.74) is 0.322. The van der Waals surface area contributed by atoms with Crippen molar-refractivity contribution in [2.75, 3.05) is 18.4 Å². The molecule has 0 spiro atoms. The van der Waals surface area contributed by atoms with E-state index >= 15 is 0 Å². The van der Waals surface area contributed by atoms with Gasteiger partial charge in [0.15, 0.2) is 5.82 Å². The fraction of sp³-hybridized carbons (Fsp3) is 0.500. The van der Waals surface area contributed by atoms with Crippen LogP contribution >= 0.6 is 15.9 Å². The number of hydrogen-bond donors (Lipinski definition) is 2. The van der Waals surface area contributed by atoms with Gasteiger partial charge in [-0.05, 0) is 53.9 Å². The fourth-order valence-corrected chi connectivity index (χ4v) is 3.79. The van der Waals surface area contributed by atoms with Crippen LogP contribution in [0.1, 0.15) is 29.6 Å². The molecule has 2 atom stereocenters. The summed E-state index contributed by atoms with van der Waals surface area (Å²) >= 11 is 3.03. The number of rotatable bonds is 3. The molecule has 0 amide bonds. The number of benzene rings is 1. The minimum Gasteiger partial charge on any atom is -0.478 e. The second-order valence-corrected chi connectivity index (χ2v) is 6.17. The first-order valence-electron chi connectivity index (χ1n) is 6.80.